The van der Waals surface area contributed by atoms with Crippen molar-refractivity contribution in [2.75, 3.05) is 20.6 Å². The first-order valence-corrected chi connectivity index (χ1v) is 9.51. The number of aromatic nitrogens is 2. The Labute approximate surface area is 162 Å². The van der Waals surface area contributed by atoms with Crippen LogP contribution in [-0.2, 0) is 0 Å². The van der Waals surface area contributed by atoms with E-state index in [-0.39, 0.29) is 11.9 Å². The second-order valence-electron chi connectivity index (χ2n) is 6.73. The van der Waals surface area contributed by atoms with Gasteiger partial charge >= 0.3 is 0 Å². The fourth-order valence-electron chi connectivity index (χ4n) is 3.33. The maximum atomic E-state index is 12.7. The summed E-state index contributed by atoms with van der Waals surface area (Å²) in [5, 5.41) is 5.49. The molecule has 5 nitrogen and oxygen atoms in total. The summed E-state index contributed by atoms with van der Waals surface area (Å²) in [7, 11) is 4.07. The van der Waals surface area contributed by atoms with Crippen molar-refractivity contribution in [2.45, 2.75) is 6.04 Å². The van der Waals surface area contributed by atoms with Crippen molar-refractivity contribution in [1.29, 1.82) is 0 Å². The third-order valence-electron chi connectivity index (χ3n) is 4.78. The third-order valence-corrected chi connectivity index (χ3v) is 5.33. The van der Waals surface area contributed by atoms with Gasteiger partial charge in [0.05, 0.1) is 17.8 Å². The Balaban J connectivity index is 1.57. The number of amides is 1. The molecular weight excluding hydrogens is 356 g/mol. The Morgan fingerprint density at radius 1 is 1.04 bits per heavy atom. The molecule has 3 aromatic carbocycles. The fraction of sp³-hybridized carbons (Fsp3) is 0.190. The van der Waals surface area contributed by atoms with Gasteiger partial charge in [0.25, 0.3) is 5.91 Å². The zero-order valence-electron chi connectivity index (χ0n) is 15.2. The first kappa shape index (κ1) is 17.6. The highest BCUT2D eigenvalue weighted by Gasteiger charge is 2.18. The van der Waals surface area contributed by atoms with Gasteiger partial charge in [0.1, 0.15) is 11.0 Å². The number of carbonyl (C=O) groups is 1. The lowest BCUT2D eigenvalue weighted by Crippen LogP contribution is -2.34. The molecule has 0 bridgehead atoms. The van der Waals surface area contributed by atoms with Gasteiger partial charge in [0, 0.05) is 12.1 Å². The van der Waals surface area contributed by atoms with Gasteiger partial charge in [0.15, 0.2) is 0 Å². The van der Waals surface area contributed by atoms with Crippen LogP contribution >= 0.6 is 11.7 Å². The Morgan fingerprint density at radius 2 is 1.81 bits per heavy atom. The van der Waals surface area contributed by atoms with E-state index in [1.807, 2.05) is 32.3 Å². The molecule has 1 N–H and O–H groups in total. The van der Waals surface area contributed by atoms with Crippen molar-refractivity contribution >= 4 is 39.4 Å². The normalized spacial score (nSPS) is 12.6. The molecule has 1 amide bonds. The summed E-state index contributed by atoms with van der Waals surface area (Å²) in [4.78, 5) is 14.8. The summed E-state index contributed by atoms with van der Waals surface area (Å²) in [6.45, 7) is 0.521. The Hall–Kier alpha value is -2.83. The number of carbonyl (C=O) groups excluding carboxylic acids is 1. The van der Waals surface area contributed by atoms with Crippen LogP contribution in [0.5, 0.6) is 0 Å². The lowest BCUT2D eigenvalue weighted by atomic mass is 9.98. The molecule has 1 atom stereocenters. The third kappa shape index (κ3) is 3.54. The Bertz CT molecular complexity index is 1100. The van der Waals surface area contributed by atoms with E-state index in [2.05, 4.69) is 49.3 Å². The lowest BCUT2D eigenvalue weighted by Gasteiger charge is -2.26. The van der Waals surface area contributed by atoms with Gasteiger partial charge in [-0.2, -0.15) is 8.75 Å². The van der Waals surface area contributed by atoms with Gasteiger partial charge in [-0.1, -0.05) is 42.5 Å². The summed E-state index contributed by atoms with van der Waals surface area (Å²) >= 11 is 1.16. The van der Waals surface area contributed by atoms with E-state index in [1.54, 1.807) is 12.1 Å². The molecule has 0 radical (unpaired) electrons. The van der Waals surface area contributed by atoms with Crippen molar-refractivity contribution in [1.82, 2.24) is 19.0 Å². The van der Waals surface area contributed by atoms with Crippen LogP contribution in [0.1, 0.15) is 22.0 Å². The van der Waals surface area contributed by atoms with Gasteiger partial charge < -0.3 is 10.2 Å². The van der Waals surface area contributed by atoms with Gasteiger partial charge in [-0.3, -0.25) is 4.79 Å². The topological polar surface area (TPSA) is 58.1 Å². The van der Waals surface area contributed by atoms with Crippen molar-refractivity contribution in [2.24, 2.45) is 0 Å². The molecule has 0 aliphatic heterocycles. The van der Waals surface area contributed by atoms with Crippen molar-refractivity contribution in [3.8, 4) is 0 Å². The van der Waals surface area contributed by atoms with Crippen LogP contribution < -0.4 is 5.32 Å². The monoisotopic (exact) mass is 376 g/mol. The number of hydrogen-bond acceptors (Lipinski definition) is 5. The summed E-state index contributed by atoms with van der Waals surface area (Å²) in [5.74, 6) is -0.100. The molecule has 6 heteroatoms. The van der Waals surface area contributed by atoms with Crippen molar-refractivity contribution in [3.05, 3.63) is 71.8 Å². The minimum atomic E-state index is -0.100. The highest BCUT2D eigenvalue weighted by Crippen LogP contribution is 2.26. The Kier molecular flexibility index (Phi) is 4.83. The van der Waals surface area contributed by atoms with Crippen LogP contribution in [0.25, 0.3) is 21.8 Å². The molecule has 0 saturated heterocycles. The number of hydrogen-bond donors (Lipinski definition) is 1. The van der Waals surface area contributed by atoms with Crippen LogP contribution in [0.4, 0.5) is 0 Å². The molecule has 0 unspecified atom stereocenters. The molecule has 0 spiro atoms. The first-order chi connectivity index (χ1) is 13.1. The number of benzene rings is 3. The van der Waals surface area contributed by atoms with Crippen LogP contribution in [0.2, 0.25) is 0 Å². The van der Waals surface area contributed by atoms with Crippen molar-refractivity contribution < 1.29 is 4.79 Å². The number of nitrogens with one attached hydrogen (secondary N) is 1. The smallest absolute Gasteiger partial charge is 0.251 e. The lowest BCUT2D eigenvalue weighted by molar-refractivity contribution is 0.0942. The average molecular weight is 376 g/mol. The maximum absolute atomic E-state index is 12.7. The van der Waals surface area contributed by atoms with E-state index in [0.717, 1.165) is 22.8 Å². The Morgan fingerprint density at radius 3 is 2.67 bits per heavy atom. The molecule has 1 heterocycles. The average Bonchev–Trinajstić information content (AvgIpc) is 3.15. The quantitative estimate of drug-likeness (QED) is 0.574. The standard InChI is InChI=1S/C21H20N4OS/c1-25(2)20(17-9-5-7-14-6-3-4-8-16(14)17)13-22-21(26)15-10-11-18-19(12-15)24-27-23-18/h3-12,20H,13H2,1-2H3,(H,22,26)/t20-/m0/s1. The van der Waals surface area contributed by atoms with Gasteiger partial charge in [-0.25, -0.2) is 0 Å². The molecule has 4 aromatic rings. The molecule has 0 aliphatic rings. The summed E-state index contributed by atoms with van der Waals surface area (Å²) < 4.78 is 8.39. The zero-order valence-corrected chi connectivity index (χ0v) is 16.0. The fourth-order valence-corrected chi connectivity index (χ4v) is 3.84. The predicted octanol–water partition coefficient (Wildman–Crippen LogP) is 3.88. The molecule has 1 aromatic heterocycles. The van der Waals surface area contributed by atoms with Gasteiger partial charge in [-0.15, -0.1) is 0 Å². The highest BCUT2D eigenvalue weighted by atomic mass is 32.1. The highest BCUT2D eigenvalue weighted by molar-refractivity contribution is 7.00. The van der Waals surface area contributed by atoms with Gasteiger partial charge in [-0.05, 0) is 48.6 Å². The molecule has 0 fully saturated rings. The van der Waals surface area contributed by atoms with E-state index in [0.29, 0.717) is 12.1 Å². The van der Waals surface area contributed by atoms with Crippen LogP contribution in [0, 0.1) is 0 Å². The number of nitrogens with zero attached hydrogens (tertiary/aromatic N) is 3. The van der Waals surface area contributed by atoms with E-state index >= 15 is 0 Å². The minimum Gasteiger partial charge on any atom is -0.350 e. The summed E-state index contributed by atoms with van der Waals surface area (Å²) in [5.41, 5.74) is 3.38. The summed E-state index contributed by atoms with van der Waals surface area (Å²) in [6.07, 6.45) is 0. The summed E-state index contributed by atoms with van der Waals surface area (Å²) in [6, 6.07) is 20.1. The number of rotatable bonds is 5. The largest absolute Gasteiger partial charge is 0.350 e. The molecule has 4 rings (SSSR count). The van der Waals surface area contributed by atoms with E-state index < -0.39 is 0 Å². The molecule has 27 heavy (non-hydrogen) atoms. The van der Waals surface area contributed by atoms with Crippen LogP contribution in [-0.4, -0.2) is 40.2 Å². The molecule has 136 valence electrons. The van der Waals surface area contributed by atoms with Crippen LogP contribution in [0.3, 0.4) is 0 Å². The zero-order chi connectivity index (χ0) is 18.8. The second kappa shape index (κ2) is 7.42. The molecule has 0 saturated carbocycles. The minimum absolute atomic E-state index is 0.0738. The van der Waals surface area contributed by atoms with E-state index in [1.165, 1.54) is 16.3 Å². The van der Waals surface area contributed by atoms with E-state index in [4.69, 9.17) is 0 Å². The van der Waals surface area contributed by atoms with Gasteiger partial charge in [0.2, 0.25) is 0 Å². The first-order valence-electron chi connectivity index (χ1n) is 8.78. The number of likely N-dealkylation sites (N-methyl/N-ethyl adjacent to an activating group) is 1. The second-order valence-corrected chi connectivity index (χ2v) is 7.25. The SMILES string of the molecule is CN(C)[C@@H](CNC(=O)c1ccc2nsnc2c1)c1cccc2ccccc12. The number of fused-ring (bicyclic) bond motifs is 2. The molecular formula is C21H20N4OS. The molecule has 0 aliphatic carbocycles. The van der Waals surface area contributed by atoms with E-state index in [9.17, 15) is 4.79 Å². The maximum Gasteiger partial charge on any atom is 0.251 e. The predicted molar refractivity (Wildman–Crippen MR) is 110 cm³/mol. The van der Waals surface area contributed by atoms with Crippen molar-refractivity contribution in [3.63, 3.8) is 0 Å². The van der Waals surface area contributed by atoms with Crippen LogP contribution in [0.15, 0.2) is 60.7 Å².